The topological polar surface area (TPSA) is 56.5 Å². The number of ether oxygens (including phenoxy) is 2. The molecule has 0 aromatic heterocycles. The Morgan fingerprint density at radius 1 is 1.20 bits per heavy atom. The van der Waals surface area contributed by atoms with Gasteiger partial charge in [0.2, 0.25) is 0 Å². The minimum Gasteiger partial charge on any atom is -0.490 e. The molecular weight excluding hydrogens is 192 g/mol. The van der Waals surface area contributed by atoms with Crippen molar-refractivity contribution in [2.24, 2.45) is 5.73 Å². The summed E-state index contributed by atoms with van der Waals surface area (Å²) >= 11 is 0. The molecule has 0 aliphatic carbocycles. The lowest BCUT2D eigenvalue weighted by Gasteiger charge is -2.10. The molecule has 0 bridgehead atoms. The van der Waals surface area contributed by atoms with E-state index in [-0.39, 0.29) is 0 Å². The summed E-state index contributed by atoms with van der Waals surface area (Å²) in [5, 5.41) is 3.20. The van der Waals surface area contributed by atoms with Crippen LogP contribution in [0.25, 0.3) is 0 Å². The number of anilines is 1. The molecule has 1 aromatic rings. The van der Waals surface area contributed by atoms with Crippen molar-refractivity contribution in [3.8, 4) is 11.5 Å². The highest BCUT2D eigenvalue weighted by atomic mass is 16.5. The molecule has 1 aliphatic heterocycles. The van der Waals surface area contributed by atoms with Gasteiger partial charge >= 0.3 is 0 Å². The zero-order valence-electron chi connectivity index (χ0n) is 8.66. The molecule has 3 N–H and O–H groups in total. The van der Waals surface area contributed by atoms with Crippen molar-refractivity contribution in [2.45, 2.75) is 6.42 Å². The quantitative estimate of drug-likeness (QED) is 0.784. The van der Waals surface area contributed by atoms with Gasteiger partial charge in [-0.15, -0.1) is 0 Å². The van der Waals surface area contributed by atoms with E-state index in [4.69, 9.17) is 15.2 Å². The molecule has 1 aromatic carbocycles. The highest BCUT2D eigenvalue weighted by molar-refractivity contribution is 5.54. The number of hydrogen-bond acceptors (Lipinski definition) is 4. The van der Waals surface area contributed by atoms with Gasteiger partial charge in [0.15, 0.2) is 11.5 Å². The van der Waals surface area contributed by atoms with E-state index in [1.807, 2.05) is 18.2 Å². The van der Waals surface area contributed by atoms with Crippen LogP contribution in [0, 0.1) is 0 Å². The second-order valence-corrected chi connectivity index (χ2v) is 3.43. The highest BCUT2D eigenvalue weighted by Crippen LogP contribution is 2.32. The summed E-state index contributed by atoms with van der Waals surface area (Å²) in [6.07, 6.45) is 0.931. The Labute approximate surface area is 89.4 Å². The first-order valence-electron chi connectivity index (χ1n) is 5.24. The summed E-state index contributed by atoms with van der Waals surface area (Å²) in [5.41, 5.74) is 6.44. The molecule has 15 heavy (non-hydrogen) atoms. The van der Waals surface area contributed by atoms with Crippen molar-refractivity contribution >= 4 is 5.69 Å². The molecule has 1 heterocycles. The number of nitrogens with one attached hydrogen (secondary N) is 1. The summed E-state index contributed by atoms with van der Waals surface area (Å²) < 4.78 is 11.1. The molecular formula is C11H16N2O2. The standard InChI is InChI=1S/C11H16N2O2/c12-4-5-13-9-2-3-10-11(8-9)15-7-1-6-14-10/h2-3,8,13H,1,4-7,12H2. The van der Waals surface area contributed by atoms with E-state index in [1.54, 1.807) is 0 Å². The van der Waals surface area contributed by atoms with Crippen LogP contribution in [0.1, 0.15) is 6.42 Å². The number of fused-ring (bicyclic) bond motifs is 1. The predicted molar refractivity (Wildman–Crippen MR) is 59.6 cm³/mol. The van der Waals surface area contributed by atoms with E-state index in [0.29, 0.717) is 13.2 Å². The van der Waals surface area contributed by atoms with Crippen LogP contribution < -0.4 is 20.5 Å². The smallest absolute Gasteiger partial charge is 0.163 e. The zero-order valence-corrected chi connectivity index (χ0v) is 8.66. The van der Waals surface area contributed by atoms with Gasteiger partial charge in [0.1, 0.15) is 0 Å². The van der Waals surface area contributed by atoms with Crippen LogP contribution in [0.5, 0.6) is 11.5 Å². The Bertz CT molecular complexity index is 328. The van der Waals surface area contributed by atoms with Gasteiger partial charge in [-0.05, 0) is 12.1 Å². The van der Waals surface area contributed by atoms with Gasteiger partial charge < -0.3 is 20.5 Å². The Morgan fingerprint density at radius 2 is 2.00 bits per heavy atom. The van der Waals surface area contributed by atoms with Crippen molar-refractivity contribution in [3.63, 3.8) is 0 Å². The van der Waals surface area contributed by atoms with Crippen LogP contribution in [0.15, 0.2) is 18.2 Å². The van der Waals surface area contributed by atoms with Crippen molar-refractivity contribution in [3.05, 3.63) is 18.2 Å². The first kappa shape index (κ1) is 10.1. The average molecular weight is 208 g/mol. The third kappa shape index (κ3) is 2.53. The lowest BCUT2D eigenvalue weighted by molar-refractivity contribution is 0.297. The van der Waals surface area contributed by atoms with E-state index in [0.717, 1.165) is 36.8 Å². The SMILES string of the molecule is NCCNc1ccc2c(c1)OCCCO2. The number of rotatable bonds is 3. The monoisotopic (exact) mass is 208 g/mol. The first-order chi connectivity index (χ1) is 7.40. The Kier molecular flexibility index (Phi) is 3.29. The summed E-state index contributed by atoms with van der Waals surface area (Å²) in [4.78, 5) is 0. The van der Waals surface area contributed by atoms with Crippen LogP contribution in [0.2, 0.25) is 0 Å². The van der Waals surface area contributed by atoms with Crippen LogP contribution in [-0.4, -0.2) is 26.3 Å². The second-order valence-electron chi connectivity index (χ2n) is 3.43. The molecule has 0 saturated heterocycles. The summed E-state index contributed by atoms with van der Waals surface area (Å²) in [6.45, 7) is 2.82. The molecule has 0 amide bonds. The fourth-order valence-electron chi connectivity index (χ4n) is 1.49. The molecule has 1 aliphatic rings. The maximum Gasteiger partial charge on any atom is 0.163 e. The Morgan fingerprint density at radius 3 is 2.80 bits per heavy atom. The van der Waals surface area contributed by atoms with Gasteiger partial charge in [0.05, 0.1) is 13.2 Å². The van der Waals surface area contributed by atoms with Crippen LogP contribution >= 0.6 is 0 Å². The average Bonchev–Trinajstić information content (AvgIpc) is 2.50. The lowest BCUT2D eigenvalue weighted by Crippen LogP contribution is -2.13. The number of hydrogen-bond donors (Lipinski definition) is 2. The summed E-state index contributed by atoms with van der Waals surface area (Å²) in [6, 6.07) is 5.86. The van der Waals surface area contributed by atoms with Gasteiger partial charge in [-0.3, -0.25) is 0 Å². The fraction of sp³-hybridized carbons (Fsp3) is 0.455. The van der Waals surface area contributed by atoms with E-state index in [1.165, 1.54) is 0 Å². The molecule has 4 nitrogen and oxygen atoms in total. The van der Waals surface area contributed by atoms with Crippen molar-refractivity contribution in [1.82, 2.24) is 0 Å². The second kappa shape index (κ2) is 4.89. The van der Waals surface area contributed by atoms with Crippen LogP contribution in [0.3, 0.4) is 0 Å². The maximum absolute atomic E-state index is 5.57. The molecule has 0 saturated carbocycles. The largest absolute Gasteiger partial charge is 0.490 e. The Hall–Kier alpha value is -1.42. The van der Waals surface area contributed by atoms with Gasteiger partial charge in [-0.1, -0.05) is 0 Å². The third-order valence-electron chi connectivity index (χ3n) is 2.22. The van der Waals surface area contributed by atoms with Gasteiger partial charge in [0, 0.05) is 31.3 Å². The van der Waals surface area contributed by atoms with E-state index in [9.17, 15) is 0 Å². The van der Waals surface area contributed by atoms with E-state index in [2.05, 4.69) is 5.32 Å². The molecule has 0 spiro atoms. The normalized spacial score (nSPS) is 14.5. The fourth-order valence-corrected chi connectivity index (χ4v) is 1.49. The van der Waals surface area contributed by atoms with Crippen LogP contribution in [0.4, 0.5) is 5.69 Å². The molecule has 0 radical (unpaired) electrons. The minimum absolute atomic E-state index is 0.619. The lowest BCUT2D eigenvalue weighted by atomic mass is 10.2. The van der Waals surface area contributed by atoms with Gasteiger partial charge in [-0.2, -0.15) is 0 Å². The minimum atomic E-state index is 0.619. The van der Waals surface area contributed by atoms with E-state index >= 15 is 0 Å². The zero-order chi connectivity index (χ0) is 10.5. The number of nitrogens with two attached hydrogens (primary N) is 1. The van der Waals surface area contributed by atoms with Crippen molar-refractivity contribution in [2.75, 3.05) is 31.6 Å². The van der Waals surface area contributed by atoms with Crippen molar-refractivity contribution < 1.29 is 9.47 Å². The molecule has 0 fully saturated rings. The van der Waals surface area contributed by atoms with Gasteiger partial charge in [0.25, 0.3) is 0 Å². The van der Waals surface area contributed by atoms with Crippen LogP contribution in [-0.2, 0) is 0 Å². The molecule has 82 valence electrons. The number of benzene rings is 1. The summed E-state index contributed by atoms with van der Waals surface area (Å²) in [5.74, 6) is 1.64. The van der Waals surface area contributed by atoms with E-state index < -0.39 is 0 Å². The van der Waals surface area contributed by atoms with Gasteiger partial charge in [-0.25, -0.2) is 0 Å². The first-order valence-corrected chi connectivity index (χ1v) is 5.24. The molecule has 0 unspecified atom stereocenters. The van der Waals surface area contributed by atoms with Crippen molar-refractivity contribution in [1.29, 1.82) is 0 Å². The highest BCUT2D eigenvalue weighted by Gasteiger charge is 2.09. The molecule has 2 rings (SSSR count). The maximum atomic E-state index is 5.57. The molecule has 4 heteroatoms. The summed E-state index contributed by atoms with van der Waals surface area (Å²) in [7, 11) is 0. The molecule has 0 atom stereocenters. The Balaban J connectivity index is 2.13. The third-order valence-corrected chi connectivity index (χ3v) is 2.22. The predicted octanol–water partition coefficient (Wildman–Crippen LogP) is 1.22.